The molecule has 0 aromatic heterocycles. The van der Waals surface area contributed by atoms with Crippen LogP contribution in [0.15, 0.2) is 0 Å². The number of nitrogens with one attached hydrogen (secondary N) is 1. The normalized spacial score (nSPS) is 34.2. The van der Waals surface area contributed by atoms with Crippen molar-refractivity contribution in [3.05, 3.63) is 0 Å². The highest BCUT2D eigenvalue weighted by atomic mass is 32.2. The molecule has 0 bridgehead atoms. The lowest BCUT2D eigenvalue weighted by molar-refractivity contribution is 0.0732. The van der Waals surface area contributed by atoms with Gasteiger partial charge in [0.05, 0.1) is 6.10 Å². The molecule has 3 heteroatoms. The first-order chi connectivity index (χ1) is 7.40. The summed E-state index contributed by atoms with van der Waals surface area (Å²) >= 11 is 2.09. The van der Waals surface area contributed by atoms with E-state index in [2.05, 4.69) is 24.0 Å². The molecule has 2 aliphatic heterocycles. The van der Waals surface area contributed by atoms with Crippen LogP contribution in [-0.2, 0) is 4.74 Å². The molecule has 15 heavy (non-hydrogen) atoms. The van der Waals surface area contributed by atoms with Gasteiger partial charge in [-0.2, -0.15) is 11.8 Å². The third kappa shape index (κ3) is 3.36. The average Bonchev–Trinajstić information content (AvgIpc) is 2.81. The first kappa shape index (κ1) is 11.7. The molecule has 0 aliphatic carbocycles. The van der Waals surface area contributed by atoms with Gasteiger partial charge in [-0.05, 0) is 37.9 Å². The van der Waals surface area contributed by atoms with E-state index in [1.54, 1.807) is 0 Å². The Kier molecular flexibility index (Phi) is 4.79. The van der Waals surface area contributed by atoms with Crippen molar-refractivity contribution >= 4 is 11.8 Å². The number of hydrogen-bond acceptors (Lipinski definition) is 3. The second kappa shape index (κ2) is 6.12. The van der Waals surface area contributed by atoms with Crippen LogP contribution in [0.5, 0.6) is 0 Å². The summed E-state index contributed by atoms with van der Waals surface area (Å²) < 4.78 is 5.78. The molecule has 2 aliphatic rings. The van der Waals surface area contributed by atoms with E-state index in [-0.39, 0.29) is 0 Å². The zero-order valence-corrected chi connectivity index (χ0v) is 10.5. The van der Waals surface area contributed by atoms with Crippen LogP contribution in [0.25, 0.3) is 0 Å². The van der Waals surface area contributed by atoms with E-state index in [4.69, 9.17) is 4.74 Å². The average molecular weight is 229 g/mol. The number of hydrogen-bond donors (Lipinski definition) is 1. The van der Waals surface area contributed by atoms with Gasteiger partial charge in [0.15, 0.2) is 0 Å². The third-order valence-electron chi connectivity index (χ3n) is 3.46. The SMILES string of the molecule is CC[C@H](N[C@@H]1CCCSC1)[C@@H]1CCCO1. The molecule has 0 amide bonds. The van der Waals surface area contributed by atoms with Crippen molar-refractivity contribution in [1.82, 2.24) is 5.32 Å². The van der Waals surface area contributed by atoms with Gasteiger partial charge in [-0.25, -0.2) is 0 Å². The molecule has 2 rings (SSSR count). The van der Waals surface area contributed by atoms with Crippen LogP contribution in [0.3, 0.4) is 0 Å². The van der Waals surface area contributed by atoms with Crippen LogP contribution in [0.2, 0.25) is 0 Å². The van der Waals surface area contributed by atoms with Crippen LogP contribution >= 0.6 is 11.8 Å². The number of rotatable bonds is 4. The van der Waals surface area contributed by atoms with Crippen molar-refractivity contribution in [2.24, 2.45) is 0 Å². The largest absolute Gasteiger partial charge is 0.377 e. The van der Waals surface area contributed by atoms with Crippen LogP contribution in [0.4, 0.5) is 0 Å². The maximum atomic E-state index is 5.78. The summed E-state index contributed by atoms with van der Waals surface area (Å²) in [6.07, 6.45) is 6.93. The fourth-order valence-corrected chi connectivity index (χ4v) is 3.67. The van der Waals surface area contributed by atoms with Crippen molar-refractivity contribution in [1.29, 1.82) is 0 Å². The van der Waals surface area contributed by atoms with Crippen molar-refractivity contribution in [2.75, 3.05) is 18.1 Å². The predicted octanol–water partition coefficient (Wildman–Crippen LogP) is 2.43. The Bertz CT molecular complexity index is 176. The Morgan fingerprint density at radius 2 is 2.33 bits per heavy atom. The van der Waals surface area contributed by atoms with Gasteiger partial charge in [0, 0.05) is 24.4 Å². The zero-order valence-electron chi connectivity index (χ0n) is 9.71. The van der Waals surface area contributed by atoms with Gasteiger partial charge in [-0.15, -0.1) is 0 Å². The van der Waals surface area contributed by atoms with E-state index in [0.29, 0.717) is 12.1 Å². The molecule has 2 nitrogen and oxygen atoms in total. The summed E-state index contributed by atoms with van der Waals surface area (Å²) in [5.74, 6) is 2.65. The summed E-state index contributed by atoms with van der Waals surface area (Å²) in [5.41, 5.74) is 0. The zero-order chi connectivity index (χ0) is 10.5. The topological polar surface area (TPSA) is 21.3 Å². The van der Waals surface area contributed by atoms with Crippen LogP contribution in [-0.4, -0.2) is 36.3 Å². The third-order valence-corrected chi connectivity index (χ3v) is 4.68. The smallest absolute Gasteiger partial charge is 0.0728 e. The maximum Gasteiger partial charge on any atom is 0.0728 e. The summed E-state index contributed by atoms with van der Waals surface area (Å²) in [6.45, 7) is 3.25. The summed E-state index contributed by atoms with van der Waals surface area (Å²) in [4.78, 5) is 0. The Morgan fingerprint density at radius 1 is 1.40 bits per heavy atom. The van der Waals surface area contributed by atoms with Crippen molar-refractivity contribution in [3.8, 4) is 0 Å². The van der Waals surface area contributed by atoms with E-state index < -0.39 is 0 Å². The molecule has 0 spiro atoms. The van der Waals surface area contributed by atoms with Gasteiger partial charge in [-0.3, -0.25) is 0 Å². The molecule has 1 N–H and O–H groups in total. The molecule has 2 fully saturated rings. The highest BCUT2D eigenvalue weighted by Gasteiger charge is 2.26. The molecule has 88 valence electrons. The van der Waals surface area contributed by atoms with Crippen molar-refractivity contribution < 1.29 is 4.74 Å². The molecular weight excluding hydrogens is 206 g/mol. The van der Waals surface area contributed by atoms with Gasteiger partial charge in [0.2, 0.25) is 0 Å². The maximum absolute atomic E-state index is 5.78. The van der Waals surface area contributed by atoms with Gasteiger partial charge in [-0.1, -0.05) is 6.92 Å². The van der Waals surface area contributed by atoms with Gasteiger partial charge in [0.25, 0.3) is 0 Å². The molecule has 0 radical (unpaired) electrons. The highest BCUT2D eigenvalue weighted by molar-refractivity contribution is 7.99. The molecule has 2 heterocycles. The molecular formula is C12H23NOS. The molecule has 0 saturated carbocycles. The first-order valence-electron chi connectivity index (χ1n) is 6.35. The fourth-order valence-electron chi connectivity index (χ4n) is 2.58. The molecule has 3 atom stereocenters. The Hall–Kier alpha value is 0.270. The highest BCUT2D eigenvalue weighted by Crippen LogP contribution is 2.21. The summed E-state index contributed by atoms with van der Waals surface area (Å²) in [5, 5.41) is 3.80. The molecule has 0 aromatic carbocycles. The number of ether oxygens (including phenoxy) is 1. The molecule has 2 saturated heterocycles. The van der Waals surface area contributed by atoms with E-state index in [9.17, 15) is 0 Å². The minimum atomic E-state index is 0.488. The quantitative estimate of drug-likeness (QED) is 0.800. The molecule has 0 unspecified atom stereocenters. The Morgan fingerprint density at radius 3 is 2.93 bits per heavy atom. The standard InChI is InChI=1S/C12H23NOS/c1-2-11(12-6-3-7-14-12)13-10-5-4-8-15-9-10/h10-13H,2-9H2,1H3/t10-,11+,12+/m1/s1. The van der Waals surface area contributed by atoms with E-state index in [0.717, 1.165) is 12.6 Å². The van der Waals surface area contributed by atoms with E-state index in [1.165, 1.54) is 43.6 Å². The second-order valence-electron chi connectivity index (χ2n) is 4.65. The lowest BCUT2D eigenvalue weighted by atomic mass is 10.0. The van der Waals surface area contributed by atoms with Gasteiger partial charge >= 0.3 is 0 Å². The minimum absolute atomic E-state index is 0.488. The first-order valence-corrected chi connectivity index (χ1v) is 7.51. The second-order valence-corrected chi connectivity index (χ2v) is 5.80. The van der Waals surface area contributed by atoms with Gasteiger partial charge < -0.3 is 10.1 Å². The summed E-state index contributed by atoms with van der Waals surface area (Å²) in [7, 11) is 0. The Labute approximate surface area is 97.5 Å². The number of thioether (sulfide) groups is 1. The van der Waals surface area contributed by atoms with E-state index in [1.807, 2.05) is 0 Å². The van der Waals surface area contributed by atoms with Crippen LogP contribution < -0.4 is 5.32 Å². The Balaban J connectivity index is 1.78. The predicted molar refractivity (Wildman–Crippen MR) is 66.5 cm³/mol. The van der Waals surface area contributed by atoms with Crippen molar-refractivity contribution in [2.45, 2.75) is 57.2 Å². The monoisotopic (exact) mass is 229 g/mol. The minimum Gasteiger partial charge on any atom is -0.377 e. The van der Waals surface area contributed by atoms with Crippen LogP contribution in [0.1, 0.15) is 39.0 Å². The van der Waals surface area contributed by atoms with Crippen molar-refractivity contribution in [3.63, 3.8) is 0 Å². The fraction of sp³-hybridized carbons (Fsp3) is 1.00. The van der Waals surface area contributed by atoms with Gasteiger partial charge in [0.1, 0.15) is 0 Å². The lowest BCUT2D eigenvalue weighted by Crippen LogP contribution is -2.46. The lowest BCUT2D eigenvalue weighted by Gasteiger charge is -2.30. The van der Waals surface area contributed by atoms with Crippen LogP contribution in [0, 0.1) is 0 Å². The summed E-state index contributed by atoms with van der Waals surface area (Å²) in [6, 6.07) is 1.33. The molecule has 0 aromatic rings. The van der Waals surface area contributed by atoms with E-state index >= 15 is 0 Å².